The van der Waals surface area contributed by atoms with Crippen LogP contribution in [0.25, 0.3) is 0 Å². The summed E-state index contributed by atoms with van der Waals surface area (Å²) in [5.74, 6) is 0.509. The van der Waals surface area contributed by atoms with Gasteiger partial charge in [-0.3, -0.25) is 9.69 Å². The molecule has 2 fully saturated rings. The number of nitrogens with zero attached hydrogens (tertiary/aromatic N) is 3. The van der Waals surface area contributed by atoms with Crippen LogP contribution in [-0.2, 0) is 9.53 Å². The van der Waals surface area contributed by atoms with Crippen LogP contribution in [0.1, 0.15) is 20.8 Å². The van der Waals surface area contributed by atoms with Crippen molar-refractivity contribution in [2.45, 2.75) is 39.0 Å². The predicted molar refractivity (Wildman–Crippen MR) is 97.9 cm³/mol. The quantitative estimate of drug-likeness (QED) is 0.899. The highest BCUT2D eigenvalue weighted by Crippen LogP contribution is 2.27. The number of amides is 1. The number of para-hydroxylation sites is 2. The molecule has 2 heterocycles. The van der Waals surface area contributed by atoms with E-state index >= 15 is 0 Å². The third-order valence-electron chi connectivity index (χ3n) is 5.17. The lowest BCUT2D eigenvalue weighted by atomic mass is 10.1. The van der Waals surface area contributed by atoms with E-state index in [-0.39, 0.29) is 24.2 Å². The number of carbonyl (C=O) groups is 1. The number of ether oxygens (including phenoxy) is 1. The summed E-state index contributed by atoms with van der Waals surface area (Å²) in [5.41, 5.74) is 0.872. The van der Waals surface area contributed by atoms with Crippen molar-refractivity contribution in [1.29, 1.82) is 0 Å². The minimum Gasteiger partial charge on any atom is -0.506 e. The molecule has 3 rings (SSSR count). The van der Waals surface area contributed by atoms with Gasteiger partial charge in [-0.15, -0.1) is 0 Å². The maximum Gasteiger partial charge on any atom is 0.239 e. The zero-order chi connectivity index (χ0) is 18.0. The van der Waals surface area contributed by atoms with Crippen LogP contribution in [0.3, 0.4) is 0 Å². The van der Waals surface area contributed by atoms with Crippen molar-refractivity contribution in [1.82, 2.24) is 9.80 Å². The third-order valence-corrected chi connectivity index (χ3v) is 5.17. The summed E-state index contributed by atoms with van der Waals surface area (Å²) in [4.78, 5) is 19.2. The highest BCUT2D eigenvalue weighted by atomic mass is 16.5. The van der Waals surface area contributed by atoms with Gasteiger partial charge in [-0.25, -0.2) is 0 Å². The summed E-state index contributed by atoms with van der Waals surface area (Å²) in [6.45, 7) is 10.6. The average Bonchev–Trinajstić information content (AvgIpc) is 2.60. The molecule has 0 saturated carbocycles. The Hall–Kier alpha value is -1.79. The molecule has 3 atom stereocenters. The van der Waals surface area contributed by atoms with Gasteiger partial charge in [-0.1, -0.05) is 12.1 Å². The number of benzene rings is 1. The molecule has 1 aromatic rings. The number of rotatable bonds is 3. The van der Waals surface area contributed by atoms with Gasteiger partial charge in [0.15, 0.2) is 0 Å². The Balaban J connectivity index is 1.57. The Labute approximate surface area is 150 Å². The molecule has 0 bridgehead atoms. The lowest BCUT2D eigenvalue weighted by Gasteiger charge is -2.42. The number of phenols is 1. The second-order valence-electron chi connectivity index (χ2n) is 7.19. The van der Waals surface area contributed by atoms with E-state index in [1.54, 1.807) is 6.07 Å². The number of aromatic hydroxyl groups is 1. The van der Waals surface area contributed by atoms with E-state index < -0.39 is 0 Å². The van der Waals surface area contributed by atoms with Gasteiger partial charge in [0.2, 0.25) is 5.91 Å². The standard InChI is InChI=1S/C19H29N3O3/c1-14-12-22(13-15(2)25-14)19(24)16(3)20-8-10-21(11-9-20)17-6-4-5-7-18(17)23/h4-7,14-16,23H,8-13H2,1-3H3/t14-,15+,16-/m1/s1. The number of phenolic OH excluding ortho intramolecular Hbond substituents is 1. The number of anilines is 1. The summed E-state index contributed by atoms with van der Waals surface area (Å²) in [6.07, 6.45) is 0.190. The molecule has 0 aliphatic carbocycles. The summed E-state index contributed by atoms with van der Waals surface area (Å²) in [6, 6.07) is 7.31. The zero-order valence-corrected chi connectivity index (χ0v) is 15.4. The van der Waals surface area contributed by atoms with Gasteiger partial charge in [-0.2, -0.15) is 0 Å². The Morgan fingerprint density at radius 1 is 1.12 bits per heavy atom. The fourth-order valence-electron chi connectivity index (χ4n) is 3.86. The van der Waals surface area contributed by atoms with Crippen LogP contribution in [0.15, 0.2) is 24.3 Å². The minimum absolute atomic E-state index is 0.0952. The molecule has 2 aliphatic heterocycles. The lowest BCUT2D eigenvalue weighted by Crippen LogP contribution is -2.57. The largest absolute Gasteiger partial charge is 0.506 e. The van der Waals surface area contributed by atoms with E-state index in [4.69, 9.17) is 4.74 Å². The molecular formula is C19H29N3O3. The molecule has 1 amide bonds. The van der Waals surface area contributed by atoms with Crippen LogP contribution >= 0.6 is 0 Å². The maximum absolute atomic E-state index is 12.9. The first-order chi connectivity index (χ1) is 12.0. The fourth-order valence-corrected chi connectivity index (χ4v) is 3.86. The van der Waals surface area contributed by atoms with Crippen LogP contribution in [0.4, 0.5) is 5.69 Å². The van der Waals surface area contributed by atoms with Crippen LogP contribution in [-0.4, -0.2) is 78.3 Å². The first-order valence-corrected chi connectivity index (χ1v) is 9.17. The van der Waals surface area contributed by atoms with E-state index in [9.17, 15) is 9.90 Å². The second kappa shape index (κ2) is 7.62. The second-order valence-corrected chi connectivity index (χ2v) is 7.19. The lowest BCUT2D eigenvalue weighted by molar-refractivity contribution is -0.148. The normalized spacial score (nSPS) is 26.5. The van der Waals surface area contributed by atoms with Gasteiger partial charge >= 0.3 is 0 Å². The Morgan fingerprint density at radius 3 is 2.32 bits per heavy atom. The van der Waals surface area contributed by atoms with Crippen LogP contribution in [0.5, 0.6) is 5.75 Å². The molecule has 1 N–H and O–H groups in total. The van der Waals surface area contributed by atoms with Crippen LogP contribution in [0, 0.1) is 0 Å². The summed E-state index contributed by atoms with van der Waals surface area (Å²) >= 11 is 0. The fraction of sp³-hybridized carbons (Fsp3) is 0.632. The van der Waals surface area contributed by atoms with Crippen molar-refractivity contribution in [2.24, 2.45) is 0 Å². The van der Waals surface area contributed by atoms with Crippen molar-refractivity contribution in [3.8, 4) is 5.75 Å². The van der Waals surface area contributed by atoms with Gasteiger partial charge in [0.25, 0.3) is 0 Å². The summed E-state index contributed by atoms with van der Waals surface area (Å²) < 4.78 is 5.73. The minimum atomic E-state index is -0.121. The van der Waals surface area contributed by atoms with Gasteiger partial charge < -0.3 is 19.6 Å². The summed E-state index contributed by atoms with van der Waals surface area (Å²) in [7, 11) is 0. The van der Waals surface area contributed by atoms with E-state index in [2.05, 4.69) is 9.80 Å². The molecule has 0 radical (unpaired) electrons. The molecule has 0 spiro atoms. The zero-order valence-electron chi connectivity index (χ0n) is 15.4. The molecule has 138 valence electrons. The Kier molecular flexibility index (Phi) is 5.49. The van der Waals surface area contributed by atoms with E-state index in [1.807, 2.05) is 43.9 Å². The highest BCUT2D eigenvalue weighted by molar-refractivity contribution is 5.81. The van der Waals surface area contributed by atoms with Crippen LogP contribution < -0.4 is 4.90 Å². The SMILES string of the molecule is C[C@@H]1CN(C(=O)[C@@H](C)N2CCN(c3ccccc3O)CC2)C[C@H](C)O1. The van der Waals surface area contributed by atoms with E-state index in [0.29, 0.717) is 18.8 Å². The van der Waals surface area contributed by atoms with Crippen molar-refractivity contribution < 1.29 is 14.6 Å². The monoisotopic (exact) mass is 347 g/mol. The topological polar surface area (TPSA) is 56.3 Å². The van der Waals surface area contributed by atoms with Gasteiger partial charge in [-0.05, 0) is 32.9 Å². The third kappa shape index (κ3) is 4.07. The number of hydrogen-bond acceptors (Lipinski definition) is 5. The first-order valence-electron chi connectivity index (χ1n) is 9.17. The van der Waals surface area contributed by atoms with Gasteiger partial charge in [0.05, 0.1) is 23.9 Å². The molecule has 0 aromatic heterocycles. The number of piperazine rings is 1. The molecule has 25 heavy (non-hydrogen) atoms. The smallest absolute Gasteiger partial charge is 0.239 e. The number of morpholine rings is 1. The first kappa shape index (κ1) is 18.0. The number of carbonyl (C=O) groups excluding carboxylic acids is 1. The molecule has 2 aliphatic rings. The van der Waals surface area contributed by atoms with Crippen molar-refractivity contribution in [2.75, 3.05) is 44.2 Å². The molecule has 1 aromatic carbocycles. The average molecular weight is 347 g/mol. The van der Waals surface area contributed by atoms with Crippen molar-refractivity contribution >= 4 is 11.6 Å². The summed E-state index contributed by atoms with van der Waals surface area (Å²) in [5, 5.41) is 10.0. The number of hydrogen-bond donors (Lipinski definition) is 1. The Bertz CT molecular complexity index is 591. The molecule has 0 unspecified atom stereocenters. The highest BCUT2D eigenvalue weighted by Gasteiger charge is 2.32. The molecular weight excluding hydrogens is 318 g/mol. The van der Waals surface area contributed by atoms with Crippen molar-refractivity contribution in [3.05, 3.63) is 24.3 Å². The maximum atomic E-state index is 12.9. The molecule has 6 nitrogen and oxygen atoms in total. The van der Waals surface area contributed by atoms with Gasteiger partial charge in [0, 0.05) is 39.3 Å². The predicted octanol–water partition coefficient (Wildman–Crippen LogP) is 1.54. The van der Waals surface area contributed by atoms with E-state index in [1.165, 1.54) is 0 Å². The molecule has 6 heteroatoms. The van der Waals surface area contributed by atoms with E-state index in [0.717, 1.165) is 31.9 Å². The van der Waals surface area contributed by atoms with Gasteiger partial charge in [0.1, 0.15) is 5.75 Å². The molecule has 2 saturated heterocycles. The Morgan fingerprint density at radius 2 is 1.72 bits per heavy atom. The van der Waals surface area contributed by atoms with Crippen molar-refractivity contribution in [3.63, 3.8) is 0 Å². The van der Waals surface area contributed by atoms with Crippen LogP contribution in [0.2, 0.25) is 0 Å².